The van der Waals surface area contributed by atoms with Gasteiger partial charge in [-0.2, -0.15) is 0 Å². The molecule has 8 heterocycles. The zero-order valence-corrected chi connectivity index (χ0v) is 48.0. The van der Waals surface area contributed by atoms with Gasteiger partial charge in [0, 0.05) is 103 Å². The van der Waals surface area contributed by atoms with Crippen molar-refractivity contribution in [3.05, 3.63) is 173 Å². The van der Waals surface area contributed by atoms with Crippen molar-refractivity contribution in [2.75, 3.05) is 39.3 Å². The Kier molecular flexibility index (Phi) is 20.0. The highest BCUT2D eigenvalue weighted by Crippen LogP contribution is 2.57. The van der Waals surface area contributed by atoms with Gasteiger partial charge in [-0.25, -0.2) is 9.59 Å². The third-order valence-electron chi connectivity index (χ3n) is 15.1. The number of hydrogen-bond acceptors (Lipinski definition) is 14. The first-order valence-electron chi connectivity index (χ1n) is 27.5. The molecule has 17 heteroatoms. The average Bonchev–Trinajstić information content (AvgIpc) is 3.59. The molecular weight excluding hydrogens is 1040 g/mol. The summed E-state index contributed by atoms with van der Waals surface area (Å²) in [7, 11) is 0. The normalized spacial score (nSPS) is 20.4. The molecule has 5 aromatic rings. The summed E-state index contributed by atoms with van der Waals surface area (Å²) < 4.78 is 10.9. The molecule has 5 aromatic heterocycles. The van der Waals surface area contributed by atoms with E-state index in [2.05, 4.69) is 30.2 Å². The number of ether oxygens (including phenoxy) is 2. The summed E-state index contributed by atoms with van der Waals surface area (Å²) in [4.78, 5) is 96.0. The Balaban J connectivity index is 0.000000168. The van der Waals surface area contributed by atoms with Crippen LogP contribution >= 0.6 is 12.4 Å². The summed E-state index contributed by atoms with van der Waals surface area (Å²) in [6, 6.07) is 28.1. The zero-order chi connectivity index (χ0) is 57.0. The molecule has 0 bridgehead atoms. The number of halogens is 1. The van der Waals surface area contributed by atoms with Crippen LogP contribution in [0.4, 0.5) is 9.59 Å². The monoisotopic (exact) mass is 1120 g/mol. The van der Waals surface area contributed by atoms with Crippen LogP contribution < -0.4 is 5.32 Å². The number of nitrogens with zero attached hydrogens (tertiary/aromatic N) is 7. The number of carbonyl (C=O) groups excluding carboxylic acids is 6. The van der Waals surface area contributed by atoms with E-state index in [1.807, 2.05) is 139 Å². The summed E-state index contributed by atoms with van der Waals surface area (Å²) in [5.41, 5.74) is 5.69. The largest absolute Gasteiger partial charge is 0.444 e. The van der Waals surface area contributed by atoms with Crippen molar-refractivity contribution in [2.24, 2.45) is 16.2 Å². The molecule has 3 aliphatic carbocycles. The quantitative estimate of drug-likeness (QED) is 0.128. The van der Waals surface area contributed by atoms with Gasteiger partial charge in [-0.1, -0.05) is 30.3 Å². The Labute approximate surface area is 481 Å². The van der Waals surface area contributed by atoms with E-state index in [9.17, 15) is 28.8 Å². The summed E-state index contributed by atoms with van der Waals surface area (Å²) in [5.74, 6) is 0.533. The summed E-state index contributed by atoms with van der Waals surface area (Å²) in [6.07, 6.45) is 23.0. The van der Waals surface area contributed by atoms with Gasteiger partial charge in [0.05, 0.1) is 22.8 Å². The maximum Gasteiger partial charge on any atom is 0.410 e. The van der Waals surface area contributed by atoms with Gasteiger partial charge in [-0.05, 0) is 184 Å². The van der Waals surface area contributed by atoms with Crippen LogP contribution in [0.1, 0.15) is 126 Å². The summed E-state index contributed by atoms with van der Waals surface area (Å²) in [5, 5.41) is 3.39. The molecule has 6 aliphatic rings. The van der Waals surface area contributed by atoms with E-state index in [4.69, 9.17) is 9.47 Å². The van der Waals surface area contributed by atoms with Crippen molar-refractivity contribution in [1.29, 1.82) is 0 Å². The fraction of sp³-hybridized carbons (Fsp3) is 0.391. The van der Waals surface area contributed by atoms with Gasteiger partial charge in [0.1, 0.15) is 22.7 Å². The van der Waals surface area contributed by atoms with Crippen LogP contribution in [0.15, 0.2) is 144 Å². The topological polar surface area (TPSA) is 204 Å². The highest BCUT2D eigenvalue weighted by Gasteiger charge is 2.56. The van der Waals surface area contributed by atoms with Crippen molar-refractivity contribution in [2.45, 2.75) is 104 Å². The lowest BCUT2D eigenvalue weighted by atomic mass is 9.54. The van der Waals surface area contributed by atoms with Crippen LogP contribution in [0.25, 0.3) is 24.3 Å². The van der Waals surface area contributed by atoms with E-state index in [0.29, 0.717) is 37.4 Å². The molecule has 0 atom stereocenters. The van der Waals surface area contributed by atoms with Gasteiger partial charge < -0.3 is 24.6 Å². The van der Waals surface area contributed by atoms with Gasteiger partial charge >= 0.3 is 12.2 Å². The second-order valence-electron chi connectivity index (χ2n) is 23.0. The van der Waals surface area contributed by atoms with Crippen molar-refractivity contribution < 1.29 is 38.2 Å². The number of carbonyl (C=O) groups is 6. The first-order chi connectivity index (χ1) is 38.3. The Morgan fingerprint density at radius 2 is 0.790 bits per heavy atom. The molecule has 3 saturated carbocycles. The Bertz CT molecular complexity index is 2980. The number of allylic oxidation sites excluding steroid dienone is 4. The Morgan fingerprint density at radius 1 is 0.481 bits per heavy atom. The van der Waals surface area contributed by atoms with Crippen LogP contribution in [0.2, 0.25) is 0 Å². The van der Waals surface area contributed by atoms with E-state index >= 15 is 0 Å². The van der Waals surface area contributed by atoms with Crippen LogP contribution in [0, 0.1) is 16.2 Å². The molecule has 6 fully saturated rings. The minimum atomic E-state index is -0.535. The number of rotatable bonds is 5. The molecule has 0 aromatic carbocycles. The first kappa shape index (κ1) is 60.8. The number of Topliss-reactive ketones (excluding diaryl/α,β-unsaturated/α-hetero) is 3. The van der Waals surface area contributed by atoms with Crippen molar-refractivity contribution in [1.82, 2.24) is 40.0 Å². The number of likely N-dealkylation sites (tertiary alicyclic amines) is 2. The lowest BCUT2D eigenvalue weighted by Crippen LogP contribution is -2.53. The molecule has 424 valence electrons. The van der Waals surface area contributed by atoms with E-state index < -0.39 is 16.6 Å². The van der Waals surface area contributed by atoms with Crippen LogP contribution in [0.3, 0.4) is 0 Å². The third kappa shape index (κ3) is 15.4. The number of aldehydes is 1. The Hall–Kier alpha value is -7.82. The van der Waals surface area contributed by atoms with E-state index in [1.54, 1.807) is 59.0 Å². The van der Waals surface area contributed by atoms with E-state index in [-0.39, 0.29) is 47.0 Å². The van der Waals surface area contributed by atoms with Crippen LogP contribution in [-0.4, -0.2) is 121 Å². The molecule has 11 rings (SSSR count). The standard InChI is InChI=1S/C25H27N3O3.C20H19N3O.C13H21NO3.C6H5NO.ClH/c1-24(2,3)31-23(30)28-14-10-25(11-15-28)20(16-18-8-4-6-12-26-18)22(29)21(25)17-19-9-5-7-13-27-19;24-19-17(13-15-5-1-3-9-22-15)20(7-11-21-12-8-20)18(19)14-16-6-2-4-10-23-16;1-12(2,3)17-11(16)14-6-4-13(5-7-14)8-10(15)9-13;8-5-6-3-1-2-4-7-6;/h4-9,12-13,16-17H,10-11,14-15H2,1-3H3;1-6,9-10,13-14,21H,7-8,11-12H2;4-9H2,1-3H3;1-5H;1H/b20-16-,21-17-;17-13-,18-14-;;;. The average molecular weight is 1120 g/mol. The number of piperidine rings is 3. The number of hydrogen-bond donors (Lipinski definition) is 1. The molecule has 3 saturated heterocycles. The Morgan fingerprint density at radius 3 is 1.06 bits per heavy atom. The molecule has 3 spiro atoms. The maximum absolute atomic E-state index is 13.1. The van der Waals surface area contributed by atoms with Crippen LogP contribution in [-0.2, 0) is 23.9 Å². The number of amides is 2. The third-order valence-corrected chi connectivity index (χ3v) is 15.1. The summed E-state index contributed by atoms with van der Waals surface area (Å²) >= 11 is 0. The molecule has 3 aliphatic heterocycles. The zero-order valence-electron chi connectivity index (χ0n) is 47.1. The van der Waals surface area contributed by atoms with Crippen molar-refractivity contribution in [3.63, 3.8) is 0 Å². The number of pyridine rings is 5. The number of aromatic nitrogens is 5. The molecule has 0 radical (unpaired) electrons. The van der Waals surface area contributed by atoms with Gasteiger partial charge in [0.25, 0.3) is 0 Å². The second kappa shape index (κ2) is 26.6. The number of nitrogens with one attached hydrogen (secondary N) is 1. The first-order valence-corrected chi connectivity index (χ1v) is 27.5. The molecular formula is C64H73ClN8O8. The van der Waals surface area contributed by atoms with Crippen LogP contribution in [0.5, 0.6) is 0 Å². The highest BCUT2D eigenvalue weighted by atomic mass is 35.5. The van der Waals surface area contributed by atoms with Crippen molar-refractivity contribution in [3.8, 4) is 0 Å². The fourth-order valence-corrected chi connectivity index (χ4v) is 11.0. The lowest BCUT2D eigenvalue weighted by Gasteiger charge is -2.50. The SMILES string of the molecule is CC(C)(C)OC(=O)N1CCC2(CC1)/C(=C\c1ccccn1)C(=O)/C2=C/c1ccccn1.CC(C)(C)OC(=O)N1CCC2(CC1)CC(=O)C2.Cl.O=C1/C(=C/c2ccccn2)C2(CCNCC2)/C1=C\c1ccccn1.O=Cc1ccccn1. The van der Waals surface area contributed by atoms with Gasteiger partial charge in [0.15, 0.2) is 17.9 Å². The summed E-state index contributed by atoms with van der Waals surface area (Å²) in [6.45, 7) is 15.6. The fourth-order valence-electron chi connectivity index (χ4n) is 11.0. The molecule has 16 nitrogen and oxygen atoms in total. The van der Waals surface area contributed by atoms with Gasteiger partial charge in [-0.15, -0.1) is 12.4 Å². The molecule has 0 unspecified atom stereocenters. The minimum absolute atomic E-state index is 0. The van der Waals surface area contributed by atoms with Gasteiger partial charge in [0.2, 0.25) is 0 Å². The van der Waals surface area contributed by atoms with E-state index in [1.165, 1.54) is 0 Å². The minimum Gasteiger partial charge on any atom is -0.444 e. The van der Waals surface area contributed by atoms with Gasteiger partial charge in [-0.3, -0.25) is 44.1 Å². The van der Waals surface area contributed by atoms with Crippen molar-refractivity contribution >= 4 is 72.5 Å². The predicted octanol–water partition coefficient (Wildman–Crippen LogP) is 11.1. The second-order valence-corrected chi connectivity index (χ2v) is 23.0. The van der Waals surface area contributed by atoms with E-state index in [0.717, 1.165) is 116 Å². The maximum atomic E-state index is 13.1. The predicted molar refractivity (Wildman–Crippen MR) is 313 cm³/mol. The molecule has 1 N–H and O–H groups in total. The lowest BCUT2D eigenvalue weighted by molar-refractivity contribution is -0.135. The molecule has 81 heavy (non-hydrogen) atoms. The number of ketones is 3. The smallest absolute Gasteiger partial charge is 0.410 e. The highest BCUT2D eigenvalue weighted by molar-refractivity contribution is 6.24. The molecule has 2 amide bonds.